The van der Waals surface area contributed by atoms with Gasteiger partial charge >= 0.3 is 0 Å². The molecule has 0 unspecified atom stereocenters. The van der Waals surface area contributed by atoms with E-state index < -0.39 is 16.5 Å². The van der Waals surface area contributed by atoms with Crippen LogP contribution < -0.4 is 16.5 Å². The molecule has 0 aliphatic heterocycles. The molecule has 0 spiro atoms. The Hall–Kier alpha value is -2.34. The number of aromatic nitrogens is 3. The lowest BCUT2D eigenvalue weighted by atomic mass is 10.1. The zero-order valence-electron chi connectivity index (χ0n) is 9.78. The van der Waals surface area contributed by atoms with E-state index in [0.717, 1.165) is 4.68 Å². The molecule has 2 N–H and O–H groups in total. The molecule has 3 rings (SSSR count). The van der Waals surface area contributed by atoms with Gasteiger partial charge < -0.3 is 4.98 Å². The standard InChI is InChI=1S/C12H8ClN3O3/c1-16-12(19)8-9(11(18)15-16)14-7-4-5(13)2-3-6(7)10(8)17/h2-4H,1H3,(H,14,17)(H,15,18). The van der Waals surface area contributed by atoms with Crippen molar-refractivity contribution in [3.05, 3.63) is 54.2 Å². The van der Waals surface area contributed by atoms with Crippen molar-refractivity contribution in [2.75, 3.05) is 0 Å². The number of fused-ring (bicyclic) bond motifs is 2. The normalized spacial score (nSPS) is 11.3. The van der Waals surface area contributed by atoms with Crippen LogP contribution in [0.25, 0.3) is 21.8 Å². The van der Waals surface area contributed by atoms with Gasteiger partial charge in [-0.2, -0.15) is 0 Å². The summed E-state index contributed by atoms with van der Waals surface area (Å²) >= 11 is 5.84. The van der Waals surface area contributed by atoms with Gasteiger partial charge in [0, 0.05) is 17.5 Å². The Morgan fingerprint density at radius 1 is 1.21 bits per heavy atom. The maximum absolute atomic E-state index is 12.3. The smallest absolute Gasteiger partial charge is 0.287 e. The van der Waals surface area contributed by atoms with Crippen molar-refractivity contribution < 1.29 is 0 Å². The predicted molar refractivity (Wildman–Crippen MR) is 72.9 cm³/mol. The van der Waals surface area contributed by atoms with Crippen molar-refractivity contribution in [2.45, 2.75) is 0 Å². The maximum Gasteiger partial charge on any atom is 0.287 e. The molecule has 0 fully saturated rings. The lowest BCUT2D eigenvalue weighted by Gasteiger charge is -2.04. The van der Waals surface area contributed by atoms with Crippen LogP contribution in [0.3, 0.4) is 0 Å². The predicted octanol–water partition coefficient (Wildman–Crippen LogP) is 0.722. The van der Waals surface area contributed by atoms with Crippen molar-refractivity contribution in [2.24, 2.45) is 7.05 Å². The Balaban J connectivity index is 2.74. The van der Waals surface area contributed by atoms with Crippen molar-refractivity contribution in [1.82, 2.24) is 14.8 Å². The van der Waals surface area contributed by atoms with Crippen LogP contribution in [-0.2, 0) is 7.05 Å². The van der Waals surface area contributed by atoms with Crippen LogP contribution in [0.4, 0.5) is 0 Å². The van der Waals surface area contributed by atoms with E-state index >= 15 is 0 Å². The van der Waals surface area contributed by atoms with E-state index in [0.29, 0.717) is 15.9 Å². The third-order valence-electron chi connectivity index (χ3n) is 2.98. The fourth-order valence-electron chi connectivity index (χ4n) is 2.06. The number of nitrogens with one attached hydrogen (secondary N) is 2. The number of aromatic amines is 2. The summed E-state index contributed by atoms with van der Waals surface area (Å²) in [5, 5.41) is 2.93. The summed E-state index contributed by atoms with van der Waals surface area (Å²) in [6.07, 6.45) is 0. The third-order valence-corrected chi connectivity index (χ3v) is 3.21. The highest BCUT2D eigenvalue weighted by Crippen LogP contribution is 2.16. The molecule has 0 aliphatic carbocycles. The van der Waals surface area contributed by atoms with Crippen LogP contribution in [0.15, 0.2) is 32.6 Å². The summed E-state index contributed by atoms with van der Waals surface area (Å²) in [4.78, 5) is 38.9. The molecule has 2 heterocycles. The zero-order chi connectivity index (χ0) is 13.7. The molecule has 19 heavy (non-hydrogen) atoms. The molecule has 6 nitrogen and oxygen atoms in total. The highest BCUT2D eigenvalue weighted by molar-refractivity contribution is 6.31. The van der Waals surface area contributed by atoms with Crippen LogP contribution in [-0.4, -0.2) is 14.8 Å². The number of aryl methyl sites for hydroxylation is 1. The average Bonchev–Trinajstić information content (AvgIpc) is 2.35. The molecule has 7 heteroatoms. The number of benzene rings is 1. The number of rotatable bonds is 0. The van der Waals surface area contributed by atoms with Gasteiger partial charge in [-0.1, -0.05) is 11.6 Å². The number of hydrogen-bond acceptors (Lipinski definition) is 3. The topological polar surface area (TPSA) is 87.7 Å². The van der Waals surface area contributed by atoms with Crippen LogP contribution >= 0.6 is 11.6 Å². The van der Waals surface area contributed by atoms with Gasteiger partial charge in [0.25, 0.3) is 11.1 Å². The van der Waals surface area contributed by atoms with Crippen LogP contribution in [0.1, 0.15) is 0 Å². The van der Waals surface area contributed by atoms with Gasteiger partial charge in [-0.15, -0.1) is 0 Å². The summed E-state index contributed by atoms with van der Waals surface area (Å²) in [7, 11) is 1.38. The Labute approximate surface area is 110 Å². The van der Waals surface area contributed by atoms with Crippen molar-refractivity contribution >= 4 is 33.4 Å². The molecular weight excluding hydrogens is 270 g/mol. The summed E-state index contributed by atoms with van der Waals surface area (Å²) < 4.78 is 0.988. The highest BCUT2D eigenvalue weighted by Gasteiger charge is 2.13. The summed E-state index contributed by atoms with van der Waals surface area (Å²) in [5.41, 5.74) is -1.18. The van der Waals surface area contributed by atoms with E-state index in [1.165, 1.54) is 19.2 Å². The highest BCUT2D eigenvalue weighted by atomic mass is 35.5. The van der Waals surface area contributed by atoms with Gasteiger partial charge in [0.05, 0.1) is 5.52 Å². The van der Waals surface area contributed by atoms with Crippen LogP contribution in [0.5, 0.6) is 0 Å². The molecule has 2 aromatic heterocycles. The van der Waals surface area contributed by atoms with Gasteiger partial charge in [-0.3, -0.25) is 24.2 Å². The van der Waals surface area contributed by atoms with E-state index in [4.69, 9.17) is 11.6 Å². The quantitative estimate of drug-likeness (QED) is 0.594. The van der Waals surface area contributed by atoms with Crippen molar-refractivity contribution in [3.63, 3.8) is 0 Å². The molecule has 96 valence electrons. The molecule has 0 aliphatic rings. The second kappa shape index (κ2) is 3.83. The SMILES string of the molecule is Cn1[nH]c(=O)c2[nH]c3cc(Cl)ccc3c(=O)c2c1=O. The molecule has 0 atom stereocenters. The van der Waals surface area contributed by atoms with E-state index in [-0.39, 0.29) is 10.9 Å². The first-order valence-electron chi connectivity index (χ1n) is 5.43. The second-order valence-electron chi connectivity index (χ2n) is 4.20. The number of nitrogens with zero attached hydrogens (tertiary/aromatic N) is 1. The largest absolute Gasteiger partial charge is 0.350 e. The van der Waals surface area contributed by atoms with E-state index in [1.807, 2.05) is 0 Å². The fourth-order valence-corrected chi connectivity index (χ4v) is 2.24. The summed E-state index contributed by atoms with van der Waals surface area (Å²) in [6.45, 7) is 0. The Morgan fingerprint density at radius 2 is 1.95 bits per heavy atom. The third kappa shape index (κ3) is 1.61. The molecule has 0 bridgehead atoms. The first-order valence-corrected chi connectivity index (χ1v) is 5.81. The van der Waals surface area contributed by atoms with Crippen LogP contribution in [0, 0.1) is 0 Å². The molecule has 0 saturated carbocycles. The molecule has 0 saturated heterocycles. The number of pyridine rings is 1. The van der Waals surface area contributed by atoms with Crippen LogP contribution in [0.2, 0.25) is 5.02 Å². The van der Waals surface area contributed by atoms with Gasteiger partial charge in [-0.05, 0) is 18.2 Å². The molecule has 0 amide bonds. The number of hydrogen-bond donors (Lipinski definition) is 2. The van der Waals surface area contributed by atoms with Gasteiger partial charge in [0.15, 0.2) is 0 Å². The molecule has 3 aromatic rings. The van der Waals surface area contributed by atoms with E-state index in [2.05, 4.69) is 10.1 Å². The minimum Gasteiger partial charge on any atom is -0.350 e. The monoisotopic (exact) mass is 277 g/mol. The Kier molecular flexibility index (Phi) is 2.36. The van der Waals surface area contributed by atoms with E-state index in [9.17, 15) is 14.4 Å². The lowest BCUT2D eigenvalue weighted by Crippen LogP contribution is -2.31. The fraction of sp³-hybridized carbons (Fsp3) is 0.0833. The van der Waals surface area contributed by atoms with Crippen molar-refractivity contribution in [1.29, 1.82) is 0 Å². The second-order valence-corrected chi connectivity index (χ2v) is 4.64. The van der Waals surface area contributed by atoms with Gasteiger partial charge in [0.1, 0.15) is 10.9 Å². The number of H-pyrrole nitrogens is 2. The average molecular weight is 278 g/mol. The van der Waals surface area contributed by atoms with Gasteiger partial charge in [-0.25, -0.2) is 0 Å². The molecule has 1 aromatic carbocycles. The van der Waals surface area contributed by atoms with Gasteiger partial charge in [0.2, 0.25) is 5.43 Å². The summed E-state index contributed by atoms with van der Waals surface area (Å²) in [5.74, 6) is 0. The lowest BCUT2D eigenvalue weighted by molar-refractivity contribution is 0.702. The summed E-state index contributed by atoms with van der Waals surface area (Å²) in [6, 6.07) is 4.62. The molecule has 0 radical (unpaired) electrons. The Bertz CT molecular complexity index is 997. The zero-order valence-corrected chi connectivity index (χ0v) is 10.5. The minimum atomic E-state index is -0.548. The number of halogens is 1. The Morgan fingerprint density at radius 3 is 2.68 bits per heavy atom. The maximum atomic E-state index is 12.3. The van der Waals surface area contributed by atoms with Crippen molar-refractivity contribution in [3.8, 4) is 0 Å². The first-order chi connectivity index (χ1) is 8.99. The first kappa shape index (κ1) is 11.7. The minimum absolute atomic E-state index is 0.0390. The molecular formula is C12H8ClN3O3. The van der Waals surface area contributed by atoms with E-state index in [1.54, 1.807) is 6.07 Å².